The Balaban J connectivity index is 2.52. The van der Waals surface area contributed by atoms with Crippen molar-refractivity contribution in [3.8, 4) is 0 Å². The fourth-order valence-electron chi connectivity index (χ4n) is 2.37. The van der Waals surface area contributed by atoms with Crippen molar-refractivity contribution < 1.29 is 18.0 Å². The van der Waals surface area contributed by atoms with Crippen molar-refractivity contribution in [2.24, 2.45) is 0 Å². The lowest BCUT2D eigenvalue weighted by molar-refractivity contribution is -0.147. The molecule has 0 aromatic carbocycles. The third kappa shape index (κ3) is 4.77. The van der Waals surface area contributed by atoms with E-state index in [1.54, 1.807) is 6.92 Å². The minimum Gasteiger partial charge on any atom is -0.348 e. The number of likely N-dealkylation sites (N-methyl/N-ethyl adjacent to an activating group) is 1. The number of unbranched alkanes of at least 4 members (excludes halogenated alkanes) is 2. The van der Waals surface area contributed by atoms with Crippen LogP contribution >= 0.6 is 0 Å². The molecule has 1 rings (SSSR count). The highest BCUT2D eigenvalue weighted by Gasteiger charge is 2.35. The summed E-state index contributed by atoms with van der Waals surface area (Å²) in [5, 5.41) is 2.60. The average molecular weight is 304 g/mol. The van der Waals surface area contributed by atoms with Gasteiger partial charge in [0.25, 0.3) is 0 Å². The van der Waals surface area contributed by atoms with Gasteiger partial charge in [0.15, 0.2) is 9.84 Å². The summed E-state index contributed by atoms with van der Waals surface area (Å²) in [4.78, 5) is 25.2. The predicted octanol–water partition coefficient (Wildman–Crippen LogP) is 0.328. The largest absolute Gasteiger partial charge is 0.348 e. The molecule has 0 radical (unpaired) electrons. The quantitative estimate of drug-likeness (QED) is 0.566. The Labute approximate surface area is 120 Å². The minimum atomic E-state index is -3.06. The highest BCUT2D eigenvalue weighted by molar-refractivity contribution is 7.91. The molecular weight excluding hydrogens is 280 g/mol. The van der Waals surface area contributed by atoms with Crippen LogP contribution in [0.1, 0.15) is 39.5 Å². The molecule has 7 heteroatoms. The maximum absolute atomic E-state index is 12.1. The first kappa shape index (κ1) is 16.9. The van der Waals surface area contributed by atoms with Crippen LogP contribution in [0.15, 0.2) is 0 Å². The minimum absolute atomic E-state index is 0.0320. The molecule has 1 unspecified atom stereocenters. The maximum Gasteiger partial charge on any atom is 0.312 e. The molecule has 0 aromatic heterocycles. The molecule has 1 N–H and O–H groups in total. The first-order valence-electron chi connectivity index (χ1n) is 7.20. The number of carbonyl (C=O) groups excluding carboxylic acids is 2. The fourth-order valence-corrected chi connectivity index (χ4v) is 4.10. The Bertz CT molecular complexity index is 447. The third-order valence-electron chi connectivity index (χ3n) is 3.51. The van der Waals surface area contributed by atoms with E-state index in [1.807, 2.05) is 0 Å². The first-order valence-corrected chi connectivity index (χ1v) is 9.02. The lowest BCUT2D eigenvalue weighted by atomic mass is 10.2. The topological polar surface area (TPSA) is 83.6 Å². The van der Waals surface area contributed by atoms with Crippen molar-refractivity contribution in [2.45, 2.75) is 45.6 Å². The highest BCUT2D eigenvalue weighted by Crippen LogP contribution is 2.17. The molecule has 0 aliphatic carbocycles. The van der Waals surface area contributed by atoms with Gasteiger partial charge < -0.3 is 10.2 Å². The monoisotopic (exact) mass is 304 g/mol. The molecule has 0 spiro atoms. The van der Waals surface area contributed by atoms with Gasteiger partial charge >= 0.3 is 11.8 Å². The fraction of sp³-hybridized carbons (Fsp3) is 0.846. The van der Waals surface area contributed by atoms with E-state index in [0.717, 1.165) is 19.3 Å². The van der Waals surface area contributed by atoms with Gasteiger partial charge in [0.1, 0.15) is 0 Å². The van der Waals surface area contributed by atoms with Crippen molar-refractivity contribution in [1.29, 1.82) is 0 Å². The Morgan fingerprint density at radius 2 is 1.95 bits per heavy atom. The van der Waals surface area contributed by atoms with Crippen molar-refractivity contribution in [2.75, 3.05) is 24.6 Å². The molecule has 1 heterocycles. The van der Waals surface area contributed by atoms with E-state index in [-0.39, 0.29) is 17.5 Å². The molecule has 0 saturated carbocycles. The van der Waals surface area contributed by atoms with Gasteiger partial charge in [-0.15, -0.1) is 0 Å². The van der Waals surface area contributed by atoms with Crippen LogP contribution < -0.4 is 5.32 Å². The van der Waals surface area contributed by atoms with Crippen LogP contribution in [-0.4, -0.2) is 55.8 Å². The predicted molar refractivity (Wildman–Crippen MR) is 77.0 cm³/mol. The second kappa shape index (κ2) is 7.61. The number of rotatable bonds is 6. The number of sulfone groups is 1. The van der Waals surface area contributed by atoms with Crippen LogP contribution in [0.3, 0.4) is 0 Å². The summed E-state index contributed by atoms with van der Waals surface area (Å²) in [5.74, 6) is -1.19. The van der Waals surface area contributed by atoms with Crippen molar-refractivity contribution >= 4 is 21.7 Å². The van der Waals surface area contributed by atoms with Crippen LogP contribution in [0.25, 0.3) is 0 Å². The van der Waals surface area contributed by atoms with Crippen LogP contribution in [-0.2, 0) is 19.4 Å². The smallest absolute Gasteiger partial charge is 0.312 e. The molecule has 6 nitrogen and oxygen atoms in total. The van der Waals surface area contributed by atoms with Gasteiger partial charge in [0.2, 0.25) is 0 Å². The average Bonchev–Trinajstić information content (AvgIpc) is 2.75. The second-order valence-electron chi connectivity index (χ2n) is 5.11. The van der Waals surface area contributed by atoms with Crippen LogP contribution in [0.4, 0.5) is 0 Å². The summed E-state index contributed by atoms with van der Waals surface area (Å²) in [6.45, 7) is 4.65. The lowest BCUT2D eigenvalue weighted by Crippen LogP contribution is -2.48. The standard InChI is InChI=1S/C13H24N2O4S/c1-3-5-6-8-14-12(16)13(17)15(4-2)11-7-9-20(18,19)10-11/h11H,3-10H2,1-2H3,(H,14,16). The number of nitrogens with one attached hydrogen (secondary N) is 1. The van der Waals surface area contributed by atoms with E-state index in [4.69, 9.17) is 0 Å². The third-order valence-corrected chi connectivity index (χ3v) is 5.26. The van der Waals surface area contributed by atoms with Crippen LogP contribution in [0, 0.1) is 0 Å². The van der Waals surface area contributed by atoms with Crippen LogP contribution in [0.5, 0.6) is 0 Å². The van der Waals surface area contributed by atoms with Crippen LogP contribution in [0.2, 0.25) is 0 Å². The van der Waals surface area contributed by atoms with Gasteiger partial charge in [-0.1, -0.05) is 19.8 Å². The second-order valence-corrected chi connectivity index (χ2v) is 7.34. The van der Waals surface area contributed by atoms with E-state index < -0.39 is 21.7 Å². The number of hydrogen-bond donors (Lipinski definition) is 1. The number of nitrogens with zero attached hydrogens (tertiary/aromatic N) is 1. The lowest BCUT2D eigenvalue weighted by Gasteiger charge is -2.26. The maximum atomic E-state index is 12.1. The van der Waals surface area contributed by atoms with Gasteiger partial charge in [-0.3, -0.25) is 9.59 Å². The summed E-state index contributed by atoms with van der Waals surface area (Å²) in [6, 6.07) is -0.362. The van der Waals surface area contributed by atoms with Crippen molar-refractivity contribution in [1.82, 2.24) is 10.2 Å². The zero-order chi connectivity index (χ0) is 15.2. The first-order chi connectivity index (χ1) is 9.41. The number of hydrogen-bond acceptors (Lipinski definition) is 4. The number of carbonyl (C=O) groups is 2. The Morgan fingerprint density at radius 3 is 2.45 bits per heavy atom. The van der Waals surface area contributed by atoms with E-state index in [9.17, 15) is 18.0 Å². The molecule has 1 atom stereocenters. The van der Waals surface area contributed by atoms with Gasteiger partial charge in [-0.2, -0.15) is 0 Å². The van der Waals surface area contributed by atoms with E-state index in [0.29, 0.717) is 19.5 Å². The Kier molecular flexibility index (Phi) is 6.45. The summed E-state index contributed by atoms with van der Waals surface area (Å²) in [5.41, 5.74) is 0. The molecular formula is C13H24N2O4S. The molecule has 20 heavy (non-hydrogen) atoms. The molecule has 116 valence electrons. The van der Waals surface area contributed by atoms with Crippen molar-refractivity contribution in [3.05, 3.63) is 0 Å². The summed E-state index contributed by atoms with van der Waals surface area (Å²) in [7, 11) is -3.06. The Hall–Kier alpha value is -1.11. The summed E-state index contributed by atoms with van der Waals surface area (Å²) in [6.07, 6.45) is 3.32. The molecule has 2 amide bonds. The molecule has 1 saturated heterocycles. The van der Waals surface area contributed by atoms with E-state index in [2.05, 4.69) is 12.2 Å². The van der Waals surface area contributed by atoms with Gasteiger partial charge in [-0.05, 0) is 19.8 Å². The zero-order valence-corrected chi connectivity index (χ0v) is 13.0. The Morgan fingerprint density at radius 1 is 1.25 bits per heavy atom. The molecule has 0 bridgehead atoms. The molecule has 1 fully saturated rings. The highest BCUT2D eigenvalue weighted by atomic mass is 32.2. The molecule has 1 aliphatic rings. The normalized spacial score (nSPS) is 20.6. The van der Waals surface area contributed by atoms with Crippen molar-refractivity contribution in [3.63, 3.8) is 0 Å². The number of amides is 2. The van der Waals surface area contributed by atoms with E-state index >= 15 is 0 Å². The molecule has 1 aliphatic heterocycles. The van der Waals surface area contributed by atoms with E-state index in [1.165, 1.54) is 4.90 Å². The SMILES string of the molecule is CCCCCNC(=O)C(=O)N(CC)C1CCS(=O)(=O)C1. The zero-order valence-electron chi connectivity index (χ0n) is 12.2. The van der Waals surface area contributed by atoms with Gasteiger partial charge in [-0.25, -0.2) is 8.42 Å². The van der Waals surface area contributed by atoms with Gasteiger partial charge in [0, 0.05) is 19.1 Å². The molecule has 0 aromatic rings. The van der Waals surface area contributed by atoms with Gasteiger partial charge in [0.05, 0.1) is 11.5 Å². The summed E-state index contributed by atoms with van der Waals surface area (Å²) < 4.78 is 22.9. The summed E-state index contributed by atoms with van der Waals surface area (Å²) >= 11 is 0.